The van der Waals surface area contributed by atoms with E-state index in [4.69, 9.17) is 9.47 Å². The normalized spacial score (nSPS) is 16.6. The maximum atomic E-state index is 11.2. The first-order valence-electron chi connectivity index (χ1n) is 6.58. The average Bonchev–Trinajstić information content (AvgIpc) is 3.06. The summed E-state index contributed by atoms with van der Waals surface area (Å²) in [5.74, 6) is 0.107. The van der Waals surface area contributed by atoms with Crippen molar-refractivity contribution in [3.8, 4) is 22.1 Å². The predicted molar refractivity (Wildman–Crippen MR) is 79.4 cm³/mol. The van der Waals surface area contributed by atoms with Crippen molar-refractivity contribution in [1.29, 1.82) is 0 Å². The molecule has 0 aliphatic heterocycles. The number of carboxylic acids is 1. The molecule has 0 bridgehead atoms. The third kappa shape index (κ3) is 2.47. The summed E-state index contributed by atoms with van der Waals surface area (Å²) in [4.78, 5) is 16.8. The fraction of sp³-hybridized carbons (Fsp3) is 0.333. The summed E-state index contributed by atoms with van der Waals surface area (Å²) in [7, 11) is 3.20. The highest BCUT2D eigenvalue weighted by Gasteiger charge is 2.32. The van der Waals surface area contributed by atoms with Gasteiger partial charge in [-0.25, -0.2) is 4.98 Å². The van der Waals surface area contributed by atoms with Crippen LogP contribution in [0.5, 0.6) is 11.5 Å². The minimum absolute atomic E-state index is 0.475. The summed E-state index contributed by atoms with van der Waals surface area (Å²) < 4.78 is 10.5. The van der Waals surface area contributed by atoms with Crippen LogP contribution in [0.15, 0.2) is 18.2 Å². The number of carboxylic acid groups (broad SMARTS) is 1. The Kier molecular flexibility index (Phi) is 3.55. The number of aliphatic carboxylic acids is 1. The van der Waals surface area contributed by atoms with Gasteiger partial charge in [0.2, 0.25) is 0 Å². The average molecular weight is 305 g/mol. The number of aromatic nitrogens is 1. The first kappa shape index (κ1) is 13.9. The minimum atomic E-state index is -0.797. The molecule has 2 aromatic rings. The molecule has 1 aliphatic rings. The molecule has 3 rings (SSSR count). The maximum Gasteiger partial charge on any atom is 0.312 e. The van der Waals surface area contributed by atoms with Gasteiger partial charge in [-0.2, -0.15) is 0 Å². The van der Waals surface area contributed by atoms with Crippen LogP contribution < -0.4 is 9.47 Å². The maximum absolute atomic E-state index is 11.2. The zero-order chi connectivity index (χ0) is 15.0. The molecule has 0 spiro atoms. The number of rotatable bonds is 4. The van der Waals surface area contributed by atoms with Gasteiger partial charge in [-0.3, -0.25) is 4.79 Å². The lowest BCUT2D eigenvalue weighted by Crippen LogP contribution is -2.08. The van der Waals surface area contributed by atoms with Crippen molar-refractivity contribution >= 4 is 17.3 Å². The van der Waals surface area contributed by atoms with Crippen LogP contribution in [0.2, 0.25) is 0 Å². The number of methoxy groups -OCH3 is 2. The molecule has 0 saturated heterocycles. The van der Waals surface area contributed by atoms with Crippen molar-refractivity contribution in [3.05, 3.63) is 28.8 Å². The Balaban J connectivity index is 2.02. The fourth-order valence-electron chi connectivity index (χ4n) is 2.52. The number of carbonyl (C=O) groups is 1. The molecular formula is C15H15NO4S. The van der Waals surface area contributed by atoms with Gasteiger partial charge in [0.15, 0.2) is 0 Å². The van der Waals surface area contributed by atoms with Crippen molar-refractivity contribution in [2.75, 3.05) is 14.2 Å². The molecule has 0 radical (unpaired) electrons. The lowest BCUT2D eigenvalue weighted by atomic mass is 10.1. The zero-order valence-electron chi connectivity index (χ0n) is 11.8. The quantitative estimate of drug-likeness (QED) is 0.940. The molecule has 1 unspecified atom stereocenters. The van der Waals surface area contributed by atoms with Crippen molar-refractivity contribution in [2.24, 2.45) is 0 Å². The third-order valence-corrected chi connectivity index (χ3v) is 4.79. The zero-order valence-corrected chi connectivity index (χ0v) is 12.6. The van der Waals surface area contributed by atoms with E-state index in [0.29, 0.717) is 23.6 Å². The van der Waals surface area contributed by atoms with E-state index in [2.05, 4.69) is 4.98 Å². The fourth-order valence-corrected chi connectivity index (χ4v) is 3.65. The molecule has 0 saturated carbocycles. The first-order valence-corrected chi connectivity index (χ1v) is 7.40. The second kappa shape index (κ2) is 5.37. The van der Waals surface area contributed by atoms with Gasteiger partial charge in [-0.05, 0) is 25.0 Å². The largest absolute Gasteiger partial charge is 0.497 e. The van der Waals surface area contributed by atoms with Crippen LogP contribution in [0.1, 0.15) is 22.9 Å². The Hall–Kier alpha value is -2.08. The molecule has 6 heteroatoms. The molecule has 0 amide bonds. The van der Waals surface area contributed by atoms with Crippen LogP contribution in [0.4, 0.5) is 0 Å². The molecule has 1 atom stereocenters. The van der Waals surface area contributed by atoms with E-state index >= 15 is 0 Å². The van der Waals surface area contributed by atoms with E-state index in [9.17, 15) is 9.90 Å². The summed E-state index contributed by atoms with van der Waals surface area (Å²) in [6.07, 6.45) is 1.43. The van der Waals surface area contributed by atoms with Crippen molar-refractivity contribution in [1.82, 2.24) is 4.98 Å². The standard InChI is InChI=1S/C15H15NO4S/c1-19-9-5-8(6-10(7-9)20-2)14-16-13-11(15(17)18)3-4-12(13)21-14/h5-7,11H,3-4H2,1-2H3,(H,17,18). The summed E-state index contributed by atoms with van der Waals surface area (Å²) in [6.45, 7) is 0. The molecule has 5 nitrogen and oxygen atoms in total. The number of fused-ring (bicyclic) bond motifs is 1. The highest BCUT2D eigenvalue weighted by atomic mass is 32.1. The Labute approximate surface area is 126 Å². The van der Waals surface area contributed by atoms with Gasteiger partial charge in [0.1, 0.15) is 22.4 Å². The third-order valence-electron chi connectivity index (χ3n) is 3.61. The van der Waals surface area contributed by atoms with Crippen LogP contribution in [0, 0.1) is 0 Å². The highest BCUT2D eigenvalue weighted by Crippen LogP contribution is 2.41. The molecule has 1 aliphatic carbocycles. The van der Waals surface area contributed by atoms with Gasteiger partial charge in [-0.1, -0.05) is 0 Å². The monoisotopic (exact) mass is 305 g/mol. The summed E-state index contributed by atoms with van der Waals surface area (Å²) in [5.41, 5.74) is 1.60. The second-order valence-electron chi connectivity index (χ2n) is 4.86. The number of benzene rings is 1. The molecule has 1 heterocycles. The number of hydrogen-bond acceptors (Lipinski definition) is 5. The van der Waals surface area contributed by atoms with Gasteiger partial charge < -0.3 is 14.6 Å². The van der Waals surface area contributed by atoms with Crippen molar-refractivity contribution in [3.63, 3.8) is 0 Å². The number of thiazole rings is 1. The van der Waals surface area contributed by atoms with Gasteiger partial charge in [0, 0.05) is 16.5 Å². The van der Waals surface area contributed by atoms with Crippen molar-refractivity contribution < 1.29 is 19.4 Å². The second-order valence-corrected chi connectivity index (χ2v) is 5.94. The van der Waals surface area contributed by atoms with Crippen molar-refractivity contribution in [2.45, 2.75) is 18.8 Å². The molecule has 1 aromatic heterocycles. The van der Waals surface area contributed by atoms with E-state index in [-0.39, 0.29) is 0 Å². The topological polar surface area (TPSA) is 68.7 Å². The van der Waals surface area contributed by atoms with Crippen LogP contribution in [0.3, 0.4) is 0 Å². The van der Waals surface area contributed by atoms with E-state index in [1.54, 1.807) is 31.6 Å². The molecule has 110 valence electrons. The number of ether oxygens (including phenoxy) is 2. The van der Waals surface area contributed by atoms with Crippen LogP contribution >= 0.6 is 11.3 Å². The molecule has 1 aromatic carbocycles. The number of nitrogens with zero attached hydrogens (tertiary/aromatic N) is 1. The van der Waals surface area contributed by atoms with Gasteiger partial charge in [-0.15, -0.1) is 11.3 Å². The van der Waals surface area contributed by atoms with Crippen LogP contribution in [0.25, 0.3) is 10.6 Å². The van der Waals surface area contributed by atoms with E-state index in [0.717, 1.165) is 21.9 Å². The van der Waals surface area contributed by atoms with Gasteiger partial charge in [0.25, 0.3) is 0 Å². The van der Waals surface area contributed by atoms with E-state index in [1.807, 2.05) is 12.1 Å². The smallest absolute Gasteiger partial charge is 0.312 e. The molecular weight excluding hydrogens is 290 g/mol. The lowest BCUT2D eigenvalue weighted by molar-refractivity contribution is -0.138. The lowest BCUT2D eigenvalue weighted by Gasteiger charge is -2.07. The van der Waals surface area contributed by atoms with Gasteiger partial charge >= 0.3 is 5.97 Å². The van der Waals surface area contributed by atoms with Crippen LogP contribution in [-0.4, -0.2) is 30.3 Å². The van der Waals surface area contributed by atoms with E-state index < -0.39 is 11.9 Å². The molecule has 21 heavy (non-hydrogen) atoms. The highest BCUT2D eigenvalue weighted by molar-refractivity contribution is 7.15. The Bertz CT molecular complexity index is 673. The van der Waals surface area contributed by atoms with Gasteiger partial charge in [0.05, 0.1) is 19.9 Å². The summed E-state index contributed by atoms with van der Waals surface area (Å²) in [6, 6.07) is 5.56. The Morgan fingerprint density at radius 2 is 1.95 bits per heavy atom. The molecule has 1 N–H and O–H groups in total. The predicted octanol–water partition coefficient (Wildman–Crippen LogP) is 2.94. The number of hydrogen-bond donors (Lipinski definition) is 1. The van der Waals surface area contributed by atoms with Crippen LogP contribution in [-0.2, 0) is 11.2 Å². The first-order chi connectivity index (χ1) is 10.1. The SMILES string of the molecule is COc1cc(OC)cc(-c2nc3c(s2)CCC3C(=O)O)c1. The minimum Gasteiger partial charge on any atom is -0.497 e. The van der Waals surface area contributed by atoms with E-state index in [1.165, 1.54) is 0 Å². The Morgan fingerprint density at radius 1 is 1.29 bits per heavy atom. The number of aryl methyl sites for hydroxylation is 1. The Morgan fingerprint density at radius 3 is 2.52 bits per heavy atom. The molecule has 0 fully saturated rings. The summed E-state index contributed by atoms with van der Waals surface area (Å²) >= 11 is 1.55. The summed E-state index contributed by atoms with van der Waals surface area (Å²) in [5, 5.41) is 10.0.